The Morgan fingerprint density at radius 2 is 1.69 bits per heavy atom. The van der Waals surface area contributed by atoms with Crippen LogP contribution < -0.4 is 10.2 Å². The number of benzene rings is 2. The second-order valence-corrected chi connectivity index (χ2v) is 8.59. The molecular weight excluding hydrogens is 371 g/mol. The first-order valence-corrected chi connectivity index (χ1v) is 9.58. The average molecular weight is 398 g/mol. The zero-order valence-corrected chi connectivity index (χ0v) is 17.7. The number of rotatable bonds is 3. The van der Waals surface area contributed by atoms with E-state index < -0.39 is 29.3 Å². The normalized spacial score (nSPS) is 19.7. The van der Waals surface area contributed by atoms with E-state index in [0.29, 0.717) is 11.3 Å². The summed E-state index contributed by atoms with van der Waals surface area (Å²) in [5.41, 5.74) is -0.172. The number of alkyl halides is 1. The molecule has 0 unspecified atom stereocenters. The van der Waals surface area contributed by atoms with Gasteiger partial charge >= 0.3 is 6.09 Å². The standard InChI is InChI=1S/C23H27FN2O3/c1-14-7-10-16(11-8-14)19(25-21(28)29-22(3,4)5)23(24)17-13-15(2)9-12-18(17)26(6)20(23)27/h7-13,19H,1-6H3,(H,25,28)/t19-,23-/m0/s1. The maximum Gasteiger partial charge on any atom is 0.408 e. The van der Waals surface area contributed by atoms with Gasteiger partial charge in [0.1, 0.15) is 11.6 Å². The predicted molar refractivity (Wildman–Crippen MR) is 111 cm³/mol. The van der Waals surface area contributed by atoms with Gasteiger partial charge in [0.05, 0.1) is 5.69 Å². The van der Waals surface area contributed by atoms with Crippen molar-refractivity contribution in [3.05, 3.63) is 64.7 Å². The van der Waals surface area contributed by atoms with Crippen LogP contribution in [0.3, 0.4) is 0 Å². The minimum absolute atomic E-state index is 0.242. The molecule has 154 valence electrons. The van der Waals surface area contributed by atoms with Gasteiger partial charge in [0.15, 0.2) is 0 Å². The number of likely N-dealkylation sites (N-methyl/N-ethyl adjacent to an activating group) is 1. The van der Waals surface area contributed by atoms with Crippen molar-refractivity contribution in [2.45, 2.75) is 51.9 Å². The lowest BCUT2D eigenvalue weighted by molar-refractivity contribution is -0.131. The Bertz CT molecular complexity index is 950. The summed E-state index contributed by atoms with van der Waals surface area (Å²) in [5.74, 6) is -0.722. The highest BCUT2D eigenvalue weighted by Crippen LogP contribution is 2.50. The maximum atomic E-state index is 16.7. The fourth-order valence-electron chi connectivity index (χ4n) is 3.58. The molecule has 1 N–H and O–H groups in total. The zero-order chi connectivity index (χ0) is 21.6. The van der Waals surface area contributed by atoms with Crippen LogP contribution in [0.4, 0.5) is 14.9 Å². The van der Waals surface area contributed by atoms with Crippen LogP contribution >= 0.6 is 0 Å². The SMILES string of the molecule is Cc1ccc([C@H](NC(=O)OC(C)(C)C)[C@]2(F)C(=O)N(C)c3ccc(C)cc32)cc1. The molecule has 2 aromatic rings. The summed E-state index contributed by atoms with van der Waals surface area (Å²) >= 11 is 0. The Morgan fingerprint density at radius 3 is 2.28 bits per heavy atom. The number of halogens is 1. The van der Waals surface area contributed by atoms with Crippen molar-refractivity contribution < 1.29 is 18.7 Å². The number of nitrogens with zero attached hydrogens (tertiary/aromatic N) is 1. The molecule has 1 heterocycles. The van der Waals surface area contributed by atoms with Gasteiger partial charge in [-0.3, -0.25) is 4.79 Å². The van der Waals surface area contributed by atoms with Crippen LogP contribution in [-0.2, 0) is 15.2 Å². The molecule has 29 heavy (non-hydrogen) atoms. The number of hydrogen-bond acceptors (Lipinski definition) is 3. The molecule has 0 saturated carbocycles. The Kier molecular flexibility index (Phi) is 5.15. The monoisotopic (exact) mass is 398 g/mol. The van der Waals surface area contributed by atoms with Crippen molar-refractivity contribution >= 4 is 17.7 Å². The molecule has 3 rings (SSSR count). The number of hydrogen-bond donors (Lipinski definition) is 1. The summed E-state index contributed by atoms with van der Waals surface area (Å²) in [6.45, 7) is 8.94. The molecular formula is C23H27FN2O3. The number of aryl methyl sites for hydroxylation is 2. The summed E-state index contributed by atoms with van der Waals surface area (Å²) < 4.78 is 22.1. The van der Waals surface area contributed by atoms with Crippen LogP contribution in [0.5, 0.6) is 0 Å². The fourth-order valence-corrected chi connectivity index (χ4v) is 3.58. The van der Waals surface area contributed by atoms with E-state index in [1.165, 1.54) is 11.9 Å². The second-order valence-electron chi connectivity index (χ2n) is 8.59. The van der Waals surface area contributed by atoms with Gasteiger partial charge in [-0.05, 0) is 46.2 Å². The molecule has 6 heteroatoms. The number of carbonyl (C=O) groups excluding carboxylic acids is 2. The van der Waals surface area contributed by atoms with Gasteiger partial charge in [-0.15, -0.1) is 0 Å². The summed E-state index contributed by atoms with van der Waals surface area (Å²) in [4.78, 5) is 27.0. The van der Waals surface area contributed by atoms with E-state index in [1.54, 1.807) is 45.0 Å². The zero-order valence-electron chi connectivity index (χ0n) is 17.7. The van der Waals surface area contributed by atoms with Crippen molar-refractivity contribution in [1.29, 1.82) is 0 Å². The number of alkyl carbamates (subject to hydrolysis) is 1. The molecule has 0 bridgehead atoms. The Balaban J connectivity index is 2.13. The van der Waals surface area contributed by atoms with Gasteiger partial charge in [-0.2, -0.15) is 0 Å². The van der Waals surface area contributed by atoms with Crippen molar-refractivity contribution in [3.8, 4) is 0 Å². The van der Waals surface area contributed by atoms with E-state index in [0.717, 1.165) is 11.1 Å². The molecule has 1 aliphatic rings. The van der Waals surface area contributed by atoms with Gasteiger partial charge in [-0.1, -0.05) is 47.5 Å². The first-order valence-electron chi connectivity index (χ1n) is 9.58. The van der Waals surface area contributed by atoms with Crippen molar-refractivity contribution in [2.75, 3.05) is 11.9 Å². The van der Waals surface area contributed by atoms with Gasteiger partial charge in [-0.25, -0.2) is 9.18 Å². The number of amides is 2. The van der Waals surface area contributed by atoms with Gasteiger partial charge in [0, 0.05) is 12.6 Å². The van der Waals surface area contributed by atoms with Crippen LogP contribution in [-0.4, -0.2) is 24.6 Å². The van der Waals surface area contributed by atoms with Crippen molar-refractivity contribution in [3.63, 3.8) is 0 Å². The van der Waals surface area contributed by atoms with Crippen LogP contribution in [0.2, 0.25) is 0 Å². The fraction of sp³-hybridized carbons (Fsp3) is 0.391. The molecule has 0 aliphatic carbocycles. The predicted octanol–water partition coefficient (Wildman–Crippen LogP) is 4.71. The van der Waals surface area contributed by atoms with E-state index in [-0.39, 0.29) is 5.56 Å². The summed E-state index contributed by atoms with van der Waals surface area (Å²) in [7, 11) is 1.54. The van der Waals surface area contributed by atoms with Gasteiger partial charge in [0.25, 0.3) is 5.91 Å². The molecule has 2 atom stereocenters. The molecule has 0 spiro atoms. The van der Waals surface area contributed by atoms with E-state index in [1.807, 2.05) is 32.0 Å². The van der Waals surface area contributed by atoms with Crippen LogP contribution in [0.25, 0.3) is 0 Å². The highest BCUT2D eigenvalue weighted by atomic mass is 19.1. The van der Waals surface area contributed by atoms with Crippen molar-refractivity contribution in [1.82, 2.24) is 5.32 Å². The average Bonchev–Trinajstić information content (AvgIpc) is 2.81. The third-order valence-corrected chi connectivity index (χ3v) is 4.99. The molecule has 0 aromatic heterocycles. The lowest BCUT2D eigenvalue weighted by atomic mass is 9.84. The molecule has 0 saturated heterocycles. The molecule has 2 aromatic carbocycles. The Hall–Kier alpha value is -2.89. The minimum atomic E-state index is -2.46. The van der Waals surface area contributed by atoms with E-state index in [9.17, 15) is 9.59 Å². The maximum absolute atomic E-state index is 16.7. The minimum Gasteiger partial charge on any atom is -0.444 e. The number of ether oxygens (including phenoxy) is 1. The second kappa shape index (κ2) is 7.17. The lowest BCUT2D eigenvalue weighted by Gasteiger charge is -2.31. The molecule has 2 amide bonds. The summed E-state index contributed by atoms with van der Waals surface area (Å²) in [5, 5.41) is 2.62. The smallest absolute Gasteiger partial charge is 0.408 e. The van der Waals surface area contributed by atoms with Crippen LogP contribution in [0.15, 0.2) is 42.5 Å². The number of anilines is 1. The number of fused-ring (bicyclic) bond motifs is 1. The van der Waals surface area contributed by atoms with Crippen molar-refractivity contribution in [2.24, 2.45) is 0 Å². The van der Waals surface area contributed by atoms with Crippen LogP contribution in [0.1, 0.15) is 49.1 Å². The number of carbonyl (C=O) groups is 2. The van der Waals surface area contributed by atoms with Gasteiger partial charge in [0.2, 0.25) is 5.67 Å². The van der Waals surface area contributed by atoms with Gasteiger partial charge < -0.3 is 15.0 Å². The van der Waals surface area contributed by atoms with E-state index >= 15 is 4.39 Å². The number of nitrogens with one attached hydrogen (secondary N) is 1. The third-order valence-electron chi connectivity index (χ3n) is 4.99. The topological polar surface area (TPSA) is 58.6 Å². The summed E-state index contributed by atoms with van der Waals surface area (Å²) in [6, 6.07) is 11.1. The molecule has 0 radical (unpaired) electrons. The molecule has 5 nitrogen and oxygen atoms in total. The molecule has 0 fully saturated rings. The molecule has 1 aliphatic heterocycles. The third kappa shape index (κ3) is 3.84. The highest BCUT2D eigenvalue weighted by Gasteiger charge is 2.57. The quantitative estimate of drug-likeness (QED) is 0.815. The largest absolute Gasteiger partial charge is 0.444 e. The van der Waals surface area contributed by atoms with E-state index in [4.69, 9.17) is 4.74 Å². The Morgan fingerprint density at radius 1 is 1.10 bits per heavy atom. The van der Waals surface area contributed by atoms with E-state index in [2.05, 4.69) is 5.32 Å². The first kappa shape index (κ1) is 20.8. The Labute approximate surface area is 170 Å². The first-order chi connectivity index (χ1) is 13.4. The highest BCUT2D eigenvalue weighted by molar-refractivity contribution is 6.07. The lowest BCUT2D eigenvalue weighted by Crippen LogP contribution is -2.48. The summed E-state index contributed by atoms with van der Waals surface area (Å²) in [6.07, 6.45) is -0.781. The van der Waals surface area contributed by atoms with Crippen LogP contribution in [0, 0.1) is 13.8 Å².